The molecule has 0 bridgehead atoms. The first-order chi connectivity index (χ1) is 10.1. The van der Waals surface area contributed by atoms with Crippen LogP contribution in [-0.4, -0.2) is 25.2 Å². The third-order valence-electron chi connectivity index (χ3n) is 4.80. The number of hydrogen-bond acceptors (Lipinski definition) is 2. The number of aromatic nitrogens is 4. The fraction of sp³-hybridized carbons (Fsp3) is 0.750. The Kier molecular flexibility index (Phi) is 4.00. The van der Waals surface area contributed by atoms with Crippen molar-refractivity contribution in [3.63, 3.8) is 0 Å². The highest BCUT2D eigenvalue weighted by atomic mass is 35.5. The maximum atomic E-state index is 6.02. The first-order valence-electron chi connectivity index (χ1n) is 8.10. The number of fused-ring (bicyclic) bond motifs is 1. The van der Waals surface area contributed by atoms with Crippen molar-refractivity contribution in [1.82, 2.24) is 19.3 Å². The van der Waals surface area contributed by atoms with E-state index >= 15 is 0 Å². The van der Waals surface area contributed by atoms with Gasteiger partial charge in [0.1, 0.15) is 11.3 Å². The highest BCUT2D eigenvalue weighted by molar-refractivity contribution is 6.17. The van der Waals surface area contributed by atoms with Crippen LogP contribution in [0.25, 0.3) is 11.2 Å². The van der Waals surface area contributed by atoms with Crippen LogP contribution in [0.4, 0.5) is 0 Å². The summed E-state index contributed by atoms with van der Waals surface area (Å²) in [5.74, 6) is 1.76. The number of rotatable bonds is 5. The van der Waals surface area contributed by atoms with Crippen molar-refractivity contribution in [2.24, 2.45) is 7.05 Å². The monoisotopic (exact) mass is 308 g/mol. The van der Waals surface area contributed by atoms with Crippen molar-refractivity contribution in [1.29, 1.82) is 0 Å². The molecule has 0 radical (unpaired) electrons. The highest BCUT2D eigenvalue weighted by Crippen LogP contribution is 2.40. The van der Waals surface area contributed by atoms with Gasteiger partial charge >= 0.3 is 0 Å². The smallest absolute Gasteiger partial charge is 0.159 e. The predicted octanol–water partition coefficient (Wildman–Crippen LogP) is 3.79. The number of alkyl halides is 1. The molecule has 0 aliphatic heterocycles. The molecule has 0 amide bonds. The van der Waals surface area contributed by atoms with Crippen molar-refractivity contribution < 1.29 is 0 Å². The molecule has 5 heteroatoms. The Morgan fingerprint density at radius 3 is 2.57 bits per heavy atom. The normalized spacial score (nSPS) is 17.9. The summed E-state index contributed by atoms with van der Waals surface area (Å²) in [6, 6.07) is 0. The van der Waals surface area contributed by atoms with Gasteiger partial charge in [-0.15, -0.1) is 11.6 Å². The molecule has 21 heavy (non-hydrogen) atoms. The van der Waals surface area contributed by atoms with Crippen LogP contribution in [0, 0.1) is 0 Å². The maximum absolute atomic E-state index is 6.02. The van der Waals surface area contributed by atoms with E-state index in [1.54, 1.807) is 0 Å². The lowest BCUT2D eigenvalue weighted by atomic mass is 10.00. The van der Waals surface area contributed by atoms with E-state index in [4.69, 9.17) is 21.7 Å². The maximum Gasteiger partial charge on any atom is 0.159 e. The molecular formula is C16H25ClN4. The van der Waals surface area contributed by atoms with Gasteiger partial charge in [0.05, 0.1) is 5.69 Å². The summed E-state index contributed by atoms with van der Waals surface area (Å²) in [4.78, 5) is 4.93. The van der Waals surface area contributed by atoms with Crippen LogP contribution in [0.3, 0.4) is 0 Å². The lowest BCUT2D eigenvalue weighted by Gasteiger charge is -2.28. The van der Waals surface area contributed by atoms with Crippen LogP contribution in [0.1, 0.15) is 57.5 Å². The molecule has 0 atom stereocenters. The Bertz CT molecular complexity index is 634. The largest absolute Gasteiger partial charge is 0.307 e. The first-order valence-corrected chi connectivity index (χ1v) is 8.64. The van der Waals surface area contributed by atoms with Crippen LogP contribution >= 0.6 is 11.6 Å². The van der Waals surface area contributed by atoms with Gasteiger partial charge in [-0.2, -0.15) is 5.10 Å². The standard InChI is InChI=1S/C16H25ClN4/c1-4-7-12-14-15(20(3)19-12)21(13(18-14)8-11-17)16(2)9-5-6-10-16/h4-11H2,1-3H3. The average Bonchev–Trinajstić information content (AvgIpc) is 3.09. The zero-order valence-corrected chi connectivity index (χ0v) is 14.1. The molecule has 2 heterocycles. The van der Waals surface area contributed by atoms with E-state index in [0.29, 0.717) is 5.88 Å². The van der Waals surface area contributed by atoms with Gasteiger partial charge < -0.3 is 4.57 Å². The minimum atomic E-state index is 0.174. The van der Waals surface area contributed by atoms with Crippen molar-refractivity contribution >= 4 is 22.8 Å². The molecule has 3 rings (SSSR count). The van der Waals surface area contributed by atoms with E-state index in [-0.39, 0.29) is 5.54 Å². The second-order valence-electron chi connectivity index (χ2n) is 6.50. The summed E-state index contributed by atoms with van der Waals surface area (Å²) in [6.45, 7) is 4.56. The van der Waals surface area contributed by atoms with Gasteiger partial charge in [0, 0.05) is 24.9 Å². The summed E-state index contributed by atoms with van der Waals surface area (Å²) >= 11 is 6.02. The molecule has 116 valence electrons. The molecule has 1 saturated carbocycles. The van der Waals surface area contributed by atoms with Gasteiger partial charge in [0.2, 0.25) is 0 Å². The average molecular weight is 309 g/mol. The van der Waals surface area contributed by atoms with Gasteiger partial charge in [0.25, 0.3) is 0 Å². The molecule has 1 fully saturated rings. The zero-order chi connectivity index (χ0) is 15.0. The Hall–Kier alpha value is -1.03. The van der Waals surface area contributed by atoms with Crippen LogP contribution in [0.5, 0.6) is 0 Å². The summed E-state index contributed by atoms with van der Waals surface area (Å²) in [6.07, 6.45) is 7.97. The number of nitrogens with zero attached hydrogens (tertiary/aromatic N) is 4. The second kappa shape index (κ2) is 5.64. The molecule has 1 aliphatic rings. The third-order valence-corrected chi connectivity index (χ3v) is 4.99. The van der Waals surface area contributed by atoms with E-state index in [1.165, 1.54) is 31.3 Å². The molecule has 0 unspecified atom stereocenters. The number of halogens is 1. The van der Waals surface area contributed by atoms with Gasteiger partial charge in [-0.1, -0.05) is 26.2 Å². The van der Waals surface area contributed by atoms with E-state index in [0.717, 1.165) is 36.3 Å². The number of hydrogen-bond donors (Lipinski definition) is 0. The summed E-state index contributed by atoms with van der Waals surface area (Å²) < 4.78 is 4.47. The fourth-order valence-corrected chi connectivity index (χ4v) is 3.98. The van der Waals surface area contributed by atoms with Gasteiger partial charge in [0.15, 0.2) is 5.65 Å². The van der Waals surface area contributed by atoms with Crippen LogP contribution in [0.15, 0.2) is 0 Å². The summed E-state index contributed by atoms with van der Waals surface area (Å²) in [5, 5.41) is 4.70. The van der Waals surface area contributed by atoms with Crippen LogP contribution < -0.4 is 0 Å². The Morgan fingerprint density at radius 1 is 1.24 bits per heavy atom. The topological polar surface area (TPSA) is 35.6 Å². The molecule has 0 N–H and O–H groups in total. The van der Waals surface area contributed by atoms with Crippen molar-refractivity contribution in [2.45, 2.75) is 64.3 Å². The Balaban J connectivity index is 2.21. The van der Waals surface area contributed by atoms with Crippen molar-refractivity contribution in [3.8, 4) is 0 Å². The number of imidazole rings is 1. The molecule has 0 aromatic carbocycles. The molecular weight excluding hydrogens is 284 g/mol. The Morgan fingerprint density at radius 2 is 1.95 bits per heavy atom. The van der Waals surface area contributed by atoms with Gasteiger partial charge in [-0.25, -0.2) is 4.98 Å². The van der Waals surface area contributed by atoms with E-state index in [2.05, 4.69) is 18.4 Å². The molecule has 1 aliphatic carbocycles. The fourth-order valence-electron chi connectivity index (χ4n) is 3.81. The van der Waals surface area contributed by atoms with Crippen LogP contribution in [0.2, 0.25) is 0 Å². The van der Waals surface area contributed by atoms with E-state index < -0.39 is 0 Å². The van der Waals surface area contributed by atoms with E-state index in [9.17, 15) is 0 Å². The van der Waals surface area contributed by atoms with Gasteiger partial charge in [-0.05, 0) is 26.2 Å². The van der Waals surface area contributed by atoms with Crippen molar-refractivity contribution in [2.75, 3.05) is 5.88 Å². The SMILES string of the molecule is CCCc1nn(C)c2c1nc(CCCl)n2C1(C)CCCC1. The molecule has 4 nitrogen and oxygen atoms in total. The molecule has 2 aromatic rings. The minimum absolute atomic E-state index is 0.174. The highest BCUT2D eigenvalue weighted by Gasteiger charge is 2.35. The van der Waals surface area contributed by atoms with Crippen LogP contribution in [-0.2, 0) is 25.4 Å². The number of aryl methyl sites for hydroxylation is 3. The lowest BCUT2D eigenvalue weighted by molar-refractivity contribution is 0.324. The zero-order valence-electron chi connectivity index (χ0n) is 13.3. The van der Waals surface area contributed by atoms with E-state index in [1.807, 2.05) is 11.7 Å². The lowest BCUT2D eigenvalue weighted by Crippen LogP contribution is -2.29. The first kappa shape index (κ1) is 14.9. The Labute approximate surface area is 131 Å². The quantitative estimate of drug-likeness (QED) is 0.788. The molecule has 0 spiro atoms. The molecule has 2 aromatic heterocycles. The predicted molar refractivity (Wildman–Crippen MR) is 87.0 cm³/mol. The summed E-state index contributed by atoms with van der Waals surface area (Å²) in [5.41, 5.74) is 3.58. The van der Waals surface area contributed by atoms with Crippen molar-refractivity contribution in [3.05, 3.63) is 11.5 Å². The second-order valence-corrected chi connectivity index (χ2v) is 6.88. The van der Waals surface area contributed by atoms with Gasteiger partial charge in [-0.3, -0.25) is 4.68 Å². The minimum Gasteiger partial charge on any atom is -0.307 e. The third kappa shape index (κ3) is 2.37. The summed E-state index contributed by atoms with van der Waals surface area (Å²) in [7, 11) is 2.04. The molecule has 0 saturated heterocycles.